The summed E-state index contributed by atoms with van der Waals surface area (Å²) in [4.78, 5) is 3.00. The van der Waals surface area contributed by atoms with Gasteiger partial charge in [-0.2, -0.15) is 5.26 Å². The van der Waals surface area contributed by atoms with Crippen LogP contribution in [-0.2, 0) is 6.54 Å². The normalized spacial score (nSPS) is 10.1. The van der Waals surface area contributed by atoms with E-state index in [1.165, 1.54) is 23.5 Å². The van der Waals surface area contributed by atoms with Crippen molar-refractivity contribution in [1.82, 2.24) is 0 Å². The third-order valence-corrected chi connectivity index (χ3v) is 3.73. The fourth-order valence-electron chi connectivity index (χ4n) is 1.69. The molecule has 0 fully saturated rings. The molecule has 0 aliphatic carbocycles. The van der Waals surface area contributed by atoms with E-state index in [2.05, 4.69) is 0 Å². The van der Waals surface area contributed by atoms with Crippen LogP contribution < -0.4 is 4.90 Å². The van der Waals surface area contributed by atoms with Crippen LogP contribution in [0.15, 0.2) is 30.3 Å². The number of benzene rings is 1. The summed E-state index contributed by atoms with van der Waals surface area (Å²) in [6.07, 6.45) is 0. The van der Waals surface area contributed by atoms with Crippen molar-refractivity contribution in [1.29, 1.82) is 5.26 Å². The summed E-state index contributed by atoms with van der Waals surface area (Å²) in [6, 6.07) is 10.00. The standard InChI is InChI=1S/C13H10ClFN2S/c1-17(8-11-3-5-13(14)18-11)12-4-2-10(15)6-9(12)7-16/h2-6H,8H2,1H3. The molecule has 0 amide bonds. The highest BCUT2D eigenvalue weighted by molar-refractivity contribution is 7.16. The maximum atomic E-state index is 13.0. The van der Waals surface area contributed by atoms with Gasteiger partial charge < -0.3 is 4.90 Å². The lowest BCUT2D eigenvalue weighted by Crippen LogP contribution is -2.16. The van der Waals surface area contributed by atoms with Gasteiger partial charge in [0.05, 0.1) is 22.1 Å². The first-order valence-electron chi connectivity index (χ1n) is 5.25. The molecule has 0 spiro atoms. The van der Waals surface area contributed by atoms with E-state index < -0.39 is 5.82 Å². The number of hydrogen-bond donors (Lipinski definition) is 0. The molecule has 92 valence electrons. The second-order valence-electron chi connectivity index (χ2n) is 3.84. The zero-order valence-electron chi connectivity index (χ0n) is 9.65. The molecule has 0 radical (unpaired) electrons. The Morgan fingerprint density at radius 3 is 2.78 bits per heavy atom. The molecule has 2 nitrogen and oxygen atoms in total. The number of nitrogens with zero attached hydrogens (tertiary/aromatic N) is 2. The average Bonchev–Trinajstić information content (AvgIpc) is 2.74. The van der Waals surface area contributed by atoms with Crippen molar-refractivity contribution in [3.63, 3.8) is 0 Å². The van der Waals surface area contributed by atoms with Gasteiger partial charge in [-0.15, -0.1) is 11.3 Å². The molecule has 0 aliphatic rings. The number of thiophene rings is 1. The molecule has 5 heteroatoms. The largest absolute Gasteiger partial charge is 0.368 e. The van der Waals surface area contributed by atoms with Crippen LogP contribution in [0.1, 0.15) is 10.4 Å². The molecule has 1 aromatic carbocycles. The minimum Gasteiger partial charge on any atom is -0.368 e. The number of rotatable bonds is 3. The van der Waals surface area contributed by atoms with Gasteiger partial charge >= 0.3 is 0 Å². The van der Waals surface area contributed by atoms with Gasteiger partial charge in [0.2, 0.25) is 0 Å². The van der Waals surface area contributed by atoms with Gasteiger partial charge in [-0.1, -0.05) is 11.6 Å². The maximum absolute atomic E-state index is 13.0. The molecule has 2 rings (SSSR count). The van der Waals surface area contributed by atoms with Crippen LogP contribution in [-0.4, -0.2) is 7.05 Å². The second-order valence-corrected chi connectivity index (χ2v) is 5.63. The monoisotopic (exact) mass is 280 g/mol. The van der Waals surface area contributed by atoms with Crippen molar-refractivity contribution in [2.75, 3.05) is 11.9 Å². The van der Waals surface area contributed by atoms with E-state index in [0.29, 0.717) is 17.8 Å². The molecule has 0 bridgehead atoms. The lowest BCUT2D eigenvalue weighted by Gasteiger charge is -2.19. The predicted molar refractivity (Wildman–Crippen MR) is 72.6 cm³/mol. The third-order valence-electron chi connectivity index (χ3n) is 2.51. The van der Waals surface area contributed by atoms with Crippen molar-refractivity contribution in [2.24, 2.45) is 0 Å². The summed E-state index contributed by atoms with van der Waals surface area (Å²) in [7, 11) is 1.86. The lowest BCUT2D eigenvalue weighted by atomic mass is 10.1. The lowest BCUT2D eigenvalue weighted by molar-refractivity contribution is 0.627. The van der Waals surface area contributed by atoms with Crippen LogP contribution in [0.3, 0.4) is 0 Å². The molecule has 0 saturated carbocycles. The van der Waals surface area contributed by atoms with Crippen LogP contribution in [0.5, 0.6) is 0 Å². The minimum atomic E-state index is -0.400. The number of halogens is 2. The van der Waals surface area contributed by atoms with Crippen LogP contribution in [0.4, 0.5) is 10.1 Å². The van der Waals surface area contributed by atoms with E-state index in [-0.39, 0.29) is 0 Å². The quantitative estimate of drug-likeness (QED) is 0.848. The SMILES string of the molecule is CN(Cc1ccc(Cl)s1)c1ccc(F)cc1C#N. The summed E-state index contributed by atoms with van der Waals surface area (Å²) in [5, 5.41) is 9.00. The highest BCUT2D eigenvalue weighted by Gasteiger charge is 2.10. The average molecular weight is 281 g/mol. The number of hydrogen-bond acceptors (Lipinski definition) is 3. The van der Waals surface area contributed by atoms with Gasteiger partial charge in [-0.05, 0) is 30.3 Å². The van der Waals surface area contributed by atoms with Crippen molar-refractivity contribution in [3.8, 4) is 6.07 Å². The van der Waals surface area contributed by atoms with Crippen LogP contribution in [0.2, 0.25) is 4.34 Å². The summed E-state index contributed by atoms with van der Waals surface area (Å²) < 4.78 is 13.8. The Kier molecular flexibility index (Phi) is 3.85. The number of nitriles is 1. The van der Waals surface area contributed by atoms with Gasteiger partial charge in [0, 0.05) is 11.9 Å². The molecule has 0 saturated heterocycles. The molecule has 0 atom stereocenters. The maximum Gasteiger partial charge on any atom is 0.124 e. The number of anilines is 1. The van der Waals surface area contributed by atoms with E-state index in [4.69, 9.17) is 16.9 Å². The first-order chi connectivity index (χ1) is 8.60. The Morgan fingerprint density at radius 2 is 2.17 bits per heavy atom. The topological polar surface area (TPSA) is 27.0 Å². The summed E-state index contributed by atoms with van der Waals surface area (Å²) >= 11 is 7.36. The zero-order valence-corrected chi connectivity index (χ0v) is 11.2. The van der Waals surface area contributed by atoms with Gasteiger partial charge in [0.15, 0.2) is 0 Å². The molecule has 18 heavy (non-hydrogen) atoms. The zero-order chi connectivity index (χ0) is 13.1. The Balaban J connectivity index is 2.24. The van der Waals surface area contributed by atoms with Gasteiger partial charge in [0.1, 0.15) is 11.9 Å². The second kappa shape index (κ2) is 5.38. The molecular formula is C13H10ClFN2S. The molecule has 1 heterocycles. The first kappa shape index (κ1) is 12.9. The van der Waals surface area contributed by atoms with Crippen LogP contribution >= 0.6 is 22.9 Å². The van der Waals surface area contributed by atoms with Crippen molar-refractivity contribution >= 4 is 28.6 Å². The fourth-order valence-corrected chi connectivity index (χ4v) is 2.83. The molecule has 0 aliphatic heterocycles. The smallest absolute Gasteiger partial charge is 0.124 e. The van der Waals surface area contributed by atoms with Crippen molar-refractivity contribution < 1.29 is 4.39 Å². The summed E-state index contributed by atoms with van der Waals surface area (Å²) in [5.41, 5.74) is 1.04. The highest BCUT2D eigenvalue weighted by Crippen LogP contribution is 2.26. The highest BCUT2D eigenvalue weighted by atomic mass is 35.5. The van der Waals surface area contributed by atoms with Gasteiger partial charge in [0.25, 0.3) is 0 Å². The Morgan fingerprint density at radius 1 is 1.39 bits per heavy atom. The molecule has 0 N–H and O–H groups in total. The first-order valence-corrected chi connectivity index (χ1v) is 6.44. The minimum absolute atomic E-state index is 0.333. The molecule has 1 aromatic heterocycles. The fraction of sp³-hybridized carbons (Fsp3) is 0.154. The Hall–Kier alpha value is -1.57. The van der Waals surface area contributed by atoms with E-state index >= 15 is 0 Å². The van der Waals surface area contributed by atoms with E-state index in [9.17, 15) is 4.39 Å². The van der Waals surface area contributed by atoms with Gasteiger partial charge in [-0.25, -0.2) is 4.39 Å². The summed E-state index contributed by atoms with van der Waals surface area (Å²) in [6.45, 7) is 0.637. The van der Waals surface area contributed by atoms with E-state index in [1.54, 1.807) is 6.07 Å². The van der Waals surface area contributed by atoms with E-state index in [1.807, 2.05) is 30.1 Å². The predicted octanol–water partition coefficient (Wildman–Crippen LogP) is 4.05. The van der Waals surface area contributed by atoms with Crippen LogP contribution in [0.25, 0.3) is 0 Å². The van der Waals surface area contributed by atoms with Crippen LogP contribution in [0, 0.1) is 17.1 Å². The molecular weight excluding hydrogens is 271 g/mol. The summed E-state index contributed by atoms with van der Waals surface area (Å²) in [5.74, 6) is -0.400. The van der Waals surface area contributed by atoms with Gasteiger partial charge in [-0.3, -0.25) is 0 Å². The van der Waals surface area contributed by atoms with Crippen molar-refractivity contribution in [3.05, 3.63) is 50.9 Å². The van der Waals surface area contributed by atoms with E-state index in [0.717, 1.165) is 9.21 Å². The Bertz CT molecular complexity index is 603. The molecule has 0 unspecified atom stereocenters. The van der Waals surface area contributed by atoms with Crippen molar-refractivity contribution in [2.45, 2.75) is 6.54 Å². The Labute approximate surface area is 114 Å². The molecule has 2 aromatic rings. The third kappa shape index (κ3) is 2.81.